The van der Waals surface area contributed by atoms with Crippen molar-refractivity contribution in [1.82, 2.24) is 19.5 Å². The van der Waals surface area contributed by atoms with E-state index in [-0.39, 0.29) is 17.9 Å². The predicted octanol–water partition coefficient (Wildman–Crippen LogP) is 2.99. The zero-order valence-corrected chi connectivity index (χ0v) is 28.6. The number of hydrogen-bond donors (Lipinski definition) is 3. The molecule has 2 rings (SSSR count). The average molecular weight is 678 g/mol. The second kappa shape index (κ2) is 19.1. The predicted molar refractivity (Wildman–Crippen MR) is 173 cm³/mol. The third-order valence-electron chi connectivity index (χ3n) is 4.26. The monoisotopic (exact) mass is 677 g/mol. The molecule has 2 heterocycles. The second-order valence-corrected chi connectivity index (χ2v) is 16.8. The molecule has 0 spiro atoms. The highest BCUT2D eigenvalue weighted by molar-refractivity contribution is 8.55. The van der Waals surface area contributed by atoms with Crippen molar-refractivity contribution in [3.63, 3.8) is 0 Å². The maximum absolute atomic E-state index is 12.0. The van der Waals surface area contributed by atoms with Crippen molar-refractivity contribution in [3.8, 4) is 0 Å². The van der Waals surface area contributed by atoms with Gasteiger partial charge in [-0.15, -0.1) is 15.7 Å². The van der Waals surface area contributed by atoms with Crippen LogP contribution in [0.15, 0.2) is 19.8 Å². The lowest BCUT2D eigenvalue weighted by Gasteiger charge is -2.28. The highest BCUT2D eigenvalue weighted by Crippen LogP contribution is 2.60. The van der Waals surface area contributed by atoms with E-state index >= 15 is 0 Å². The van der Waals surface area contributed by atoms with Crippen LogP contribution >= 0.6 is 53.0 Å². The van der Waals surface area contributed by atoms with Gasteiger partial charge in [0.1, 0.15) is 0 Å². The average Bonchev–Trinajstić information content (AvgIpc) is 3.31. The molecule has 0 radical (unpaired) electrons. The number of aromatic nitrogens is 1. The third-order valence-corrected chi connectivity index (χ3v) is 12.4. The highest BCUT2D eigenvalue weighted by Gasteiger charge is 2.28. The van der Waals surface area contributed by atoms with Crippen LogP contribution in [0.3, 0.4) is 0 Å². The van der Waals surface area contributed by atoms with Gasteiger partial charge in [0.2, 0.25) is 17.1 Å². The summed E-state index contributed by atoms with van der Waals surface area (Å²) >= 11 is 6.13. The Hall–Kier alpha value is -1.21. The fourth-order valence-electron chi connectivity index (χ4n) is 2.51. The molecule has 230 valence electrons. The Morgan fingerprint density at radius 2 is 1.85 bits per heavy atom. The van der Waals surface area contributed by atoms with Crippen molar-refractivity contribution in [2.75, 3.05) is 63.9 Å². The summed E-state index contributed by atoms with van der Waals surface area (Å²) in [6, 6.07) is 0. The Bertz CT molecular complexity index is 1130. The van der Waals surface area contributed by atoms with E-state index in [1.807, 2.05) is 31.0 Å². The first kappa shape index (κ1) is 36.8. The Labute approximate surface area is 254 Å². The van der Waals surface area contributed by atoms with E-state index in [1.54, 1.807) is 30.8 Å². The van der Waals surface area contributed by atoms with Crippen LogP contribution in [0.5, 0.6) is 0 Å². The highest BCUT2D eigenvalue weighted by atomic mass is 32.7. The van der Waals surface area contributed by atoms with Crippen LogP contribution in [0.2, 0.25) is 0 Å². The molecule has 0 aromatic carbocycles. The summed E-state index contributed by atoms with van der Waals surface area (Å²) in [5, 5.41) is 5.32. The molecule has 0 atom stereocenters. The molecule has 0 amide bonds. The SMILES string of the molecule is CCOP(=O)(OCC)SCCSCC.CN(C)C1=NS(=O)(=O)N(C)C(=NCCSCc2csc(N=C(N)N)n2)N1. The van der Waals surface area contributed by atoms with Gasteiger partial charge in [-0.05, 0) is 31.0 Å². The van der Waals surface area contributed by atoms with Gasteiger partial charge in [0.25, 0.3) is 0 Å². The lowest BCUT2D eigenvalue weighted by atomic mass is 10.6. The van der Waals surface area contributed by atoms with E-state index in [0.29, 0.717) is 36.4 Å². The summed E-state index contributed by atoms with van der Waals surface area (Å²) in [5.74, 6) is 4.73. The van der Waals surface area contributed by atoms with Gasteiger partial charge in [0.05, 0.1) is 25.5 Å². The molecule has 1 aliphatic heterocycles. The fraction of sp³-hybridized carbons (Fsp3) is 0.700. The first-order valence-electron chi connectivity index (χ1n) is 12.2. The second-order valence-electron chi connectivity index (χ2n) is 7.61. The van der Waals surface area contributed by atoms with Gasteiger partial charge in [0.15, 0.2) is 5.96 Å². The molecule has 0 unspecified atom stereocenters. The van der Waals surface area contributed by atoms with E-state index < -0.39 is 17.0 Å². The molecular formula is C20H40N9O5PS5. The van der Waals surface area contributed by atoms with Crippen molar-refractivity contribution >= 4 is 86.3 Å². The smallest absolute Gasteiger partial charge is 0.370 e. The molecule has 20 heteroatoms. The first-order valence-corrected chi connectivity index (χ1v) is 19.9. The van der Waals surface area contributed by atoms with Gasteiger partial charge in [-0.25, -0.2) is 13.9 Å². The quantitative estimate of drug-likeness (QED) is 0.106. The van der Waals surface area contributed by atoms with Crippen LogP contribution < -0.4 is 16.8 Å². The molecule has 0 saturated heterocycles. The van der Waals surface area contributed by atoms with Crippen LogP contribution in [0.4, 0.5) is 5.13 Å². The molecule has 0 saturated carbocycles. The first-order chi connectivity index (χ1) is 18.9. The van der Waals surface area contributed by atoms with Crippen LogP contribution in [0, 0.1) is 0 Å². The summed E-state index contributed by atoms with van der Waals surface area (Å²) in [4.78, 5) is 14.1. The fourth-order valence-corrected chi connectivity index (χ4v) is 9.48. The summed E-state index contributed by atoms with van der Waals surface area (Å²) in [6.07, 6.45) is 0. The lowest BCUT2D eigenvalue weighted by molar-refractivity contribution is 0.237. The van der Waals surface area contributed by atoms with Crippen molar-refractivity contribution < 1.29 is 22.0 Å². The van der Waals surface area contributed by atoms with Gasteiger partial charge in [-0.3, -0.25) is 10.3 Å². The van der Waals surface area contributed by atoms with Crippen molar-refractivity contribution in [2.45, 2.75) is 26.5 Å². The molecule has 1 aromatic heterocycles. The summed E-state index contributed by atoms with van der Waals surface area (Å²) in [5.41, 5.74) is 11.5. The van der Waals surface area contributed by atoms with E-state index in [4.69, 9.17) is 20.5 Å². The number of nitrogens with two attached hydrogens (primary N) is 2. The maximum atomic E-state index is 12.0. The Morgan fingerprint density at radius 3 is 2.42 bits per heavy atom. The van der Waals surface area contributed by atoms with Crippen LogP contribution in [-0.4, -0.2) is 104 Å². The molecule has 1 aliphatic rings. The van der Waals surface area contributed by atoms with Gasteiger partial charge in [-0.2, -0.15) is 36.9 Å². The van der Waals surface area contributed by atoms with E-state index in [1.165, 1.54) is 29.8 Å². The van der Waals surface area contributed by atoms with Crippen LogP contribution in [0.25, 0.3) is 0 Å². The van der Waals surface area contributed by atoms with Gasteiger partial charge in [-0.1, -0.05) is 6.92 Å². The van der Waals surface area contributed by atoms with Gasteiger partial charge in [0, 0.05) is 49.5 Å². The lowest BCUT2D eigenvalue weighted by Crippen LogP contribution is -2.53. The summed E-state index contributed by atoms with van der Waals surface area (Å²) < 4.78 is 50.9. The number of thiazole rings is 1. The summed E-state index contributed by atoms with van der Waals surface area (Å²) in [7, 11) is 1.05. The molecule has 5 N–H and O–H groups in total. The molecular weight excluding hydrogens is 638 g/mol. The third kappa shape index (κ3) is 14.1. The molecule has 14 nitrogen and oxygen atoms in total. The number of thioether (sulfide) groups is 2. The molecule has 0 bridgehead atoms. The van der Waals surface area contributed by atoms with E-state index in [0.717, 1.165) is 27.3 Å². The normalized spacial score (nSPS) is 15.6. The zero-order valence-electron chi connectivity index (χ0n) is 23.6. The molecule has 40 heavy (non-hydrogen) atoms. The largest absolute Gasteiger partial charge is 0.389 e. The number of guanidine groups is 3. The number of hydrogen-bond acceptors (Lipinski definition) is 13. The standard InChI is InChI=1S/C12H21N9O2S3.C8H19O3PS2/c1-20(2)11-18-10(21(3)26(22,23)19-11)15-4-5-24-6-8-7-25-12(16-8)17-9(13)14;1-4-10-12(9,11-5-2)14-8-7-13-6-3/h7H,4-6H2,1-3H3,(H,15,18,19)(H4,13,14,16,17);4-8H2,1-3H3. The topological polar surface area (TPSA) is 190 Å². The minimum absolute atomic E-state index is 0.0194. The Morgan fingerprint density at radius 1 is 1.18 bits per heavy atom. The molecule has 0 aliphatic carbocycles. The molecule has 0 fully saturated rings. The maximum Gasteiger partial charge on any atom is 0.389 e. The van der Waals surface area contributed by atoms with E-state index in [9.17, 15) is 13.0 Å². The zero-order chi connectivity index (χ0) is 30.2. The van der Waals surface area contributed by atoms with Crippen molar-refractivity contribution in [1.29, 1.82) is 0 Å². The number of aliphatic imine (C=N–C) groups is 2. The minimum atomic E-state index is -3.76. The Balaban J connectivity index is 0.000000486. The van der Waals surface area contributed by atoms with Crippen LogP contribution in [-0.2, 0) is 29.6 Å². The Kier molecular flexibility index (Phi) is 17.6. The van der Waals surface area contributed by atoms with Gasteiger partial charge < -0.3 is 25.4 Å². The van der Waals surface area contributed by atoms with Gasteiger partial charge >= 0.3 is 17.0 Å². The van der Waals surface area contributed by atoms with Crippen molar-refractivity contribution in [3.05, 3.63) is 11.1 Å². The summed E-state index contributed by atoms with van der Waals surface area (Å²) in [6.45, 7) is 4.22. The minimum Gasteiger partial charge on any atom is -0.370 e. The molecule has 1 aromatic rings. The number of nitrogens with one attached hydrogen (secondary N) is 1. The number of nitrogens with zero attached hydrogens (tertiary/aromatic N) is 6. The van der Waals surface area contributed by atoms with Crippen molar-refractivity contribution in [2.24, 2.45) is 25.8 Å². The van der Waals surface area contributed by atoms with E-state index in [2.05, 4.69) is 31.6 Å². The number of rotatable bonds is 15. The van der Waals surface area contributed by atoms with Crippen LogP contribution in [0.1, 0.15) is 26.5 Å².